The van der Waals surface area contributed by atoms with Gasteiger partial charge in [-0.2, -0.15) is 5.26 Å². The minimum absolute atomic E-state index is 0.0139. The number of thiophene rings is 1. The highest BCUT2D eigenvalue weighted by atomic mass is 32.2. The highest BCUT2D eigenvalue weighted by Crippen LogP contribution is 2.35. The first kappa shape index (κ1) is 24.5. The first-order valence-electron chi connectivity index (χ1n) is 11.5. The zero-order valence-corrected chi connectivity index (χ0v) is 21.4. The van der Waals surface area contributed by atoms with Gasteiger partial charge >= 0.3 is 0 Å². The molecular weight excluding hydrogens is 466 g/mol. The normalized spacial score (nSPS) is 14.1. The standard InChI is InChI=1S/C25H29N5O2S2/c1-16(22(31)27-18-9-6-8-17(14-18)15-26)33-25-28-23-21(19-10-4-5-11-20(19)34-23)24(32)30(25)13-7-12-29(2)3/h6,8-9,14,16H,4-5,7,10-13H2,1-3H3,(H,27,31). The Balaban J connectivity index is 1.63. The molecule has 2 aromatic heterocycles. The third kappa shape index (κ3) is 5.35. The van der Waals surface area contributed by atoms with Gasteiger partial charge in [0, 0.05) is 17.1 Å². The van der Waals surface area contributed by atoms with E-state index >= 15 is 0 Å². The van der Waals surface area contributed by atoms with Crippen molar-refractivity contribution in [3.63, 3.8) is 0 Å². The van der Waals surface area contributed by atoms with E-state index in [1.54, 1.807) is 40.2 Å². The first-order valence-corrected chi connectivity index (χ1v) is 13.2. The second kappa shape index (κ2) is 10.7. The Morgan fingerprint density at radius 1 is 1.35 bits per heavy atom. The van der Waals surface area contributed by atoms with E-state index in [2.05, 4.69) is 16.3 Å². The van der Waals surface area contributed by atoms with E-state index < -0.39 is 5.25 Å². The lowest BCUT2D eigenvalue weighted by atomic mass is 9.97. The van der Waals surface area contributed by atoms with Gasteiger partial charge < -0.3 is 10.2 Å². The van der Waals surface area contributed by atoms with Gasteiger partial charge in [0.05, 0.1) is 22.3 Å². The fraction of sp³-hybridized carbons (Fsp3) is 0.440. The molecule has 4 rings (SSSR count). The smallest absolute Gasteiger partial charge is 0.263 e. The predicted octanol–water partition coefficient (Wildman–Crippen LogP) is 4.28. The number of benzene rings is 1. The number of nitrogens with zero attached hydrogens (tertiary/aromatic N) is 4. The summed E-state index contributed by atoms with van der Waals surface area (Å²) >= 11 is 2.94. The van der Waals surface area contributed by atoms with Gasteiger partial charge in [-0.1, -0.05) is 17.8 Å². The number of thioether (sulfide) groups is 1. The van der Waals surface area contributed by atoms with Gasteiger partial charge in [0.2, 0.25) is 5.91 Å². The minimum Gasteiger partial charge on any atom is -0.325 e. The van der Waals surface area contributed by atoms with Gasteiger partial charge in [0.1, 0.15) is 4.83 Å². The van der Waals surface area contributed by atoms with E-state index in [0.29, 0.717) is 23.0 Å². The summed E-state index contributed by atoms with van der Waals surface area (Å²) in [6, 6.07) is 8.92. The summed E-state index contributed by atoms with van der Waals surface area (Å²) in [7, 11) is 4.03. The summed E-state index contributed by atoms with van der Waals surface area (Å²) in [4.78, 5) is 35.6. The summed E-state index contributed by atoms with van der Waals surface area (Å²) < 4.78 is 1.76. The van der Waals surface area contributed by atoms with Crippen molar-refractivity contribution in [3.05, 3.63) is 50.6 Å². The molecule has 0 aliphatic heterocycles. The summed E-state index contributed by atoms with van der Waals surface area (Å²) in [5, 5.41) is 12.9. The van der Waals surface area contributed by atoms with Crippen LogP contribution >= 0.6 is 23.1 Å². The van der Waals surface area contributed by atoms with E-state index in [-0.39, 0.29) is 11.5 Å². The van der Waals surface area contributed by atoms with Gasteiger partial charge in [-0.05, 0) is 83.4 Å². The molecular formula is C25H29N5O2S2. The molecule has 1 atom stereocenters. The molecule has 3 aromatic rings. The van der Waals surface area contributed by atoms with Gasteiger partial charge in [-0.3, -0.25) is 14.2 Å². The van der Waals surface area contributed by atoms with Crippen LogP contribution in [0.3, 0.4) is 0 Å². The molecule has 1 unspecified atom stereocenters. The van der Waals surface area contributed by atoms with Gasteiger partial charge in [-0.25, -0.2) is 4.98 Å². The number of hydrogen-bond acceptors (Lipinski definition) is 7. The number of aryl methyl sites for hydroxylation is 2. The van der Waals surface area contributed by atoms with Crippen molar-refractivity contribution in [3.8, 4) is 6.07 Å². The summed E-state index contributed by atoms with van der Waals surface area (Å²) in [6.45, 7) is 3.24. The molecule has 0 radical (unpaired) electrons. The summed E-state index contributed by atoms with van der Waals surface area (Å²) in [5.41, 5.74) is 2.26. The summed E-state index contributed by atoms with van der Waals surface area (Å²) in [6.07, 6.45) is 5.04. The minimum atomic E-state index is -0.468. The second-order valence-electron chi connectivity index (χ2n) is 8.84. The number of amides is 1. The number of anilines is 1. The number of aromatic nitrogens is 2. The molecule has 34 heavy (non-hydrogen) atoms. The Hall–Kier alpha value is -2.67. The van der Waals surface area contributed by atoms with Gasteiger partial charge in [-0.15, -0.1) is 11.3 Å². The van der Waals surface area contributed by atoms with Crippen LogP contribution in [0, 0.1) is 11.3 Å². The third-order valence-electron chi connectivity index (χ3n) is 5.94. The van der Waals surface area contributed by atoms with Crippen LogP contribution in [-0.4, -0.2) is 46.2 Å². The number of nitriles is 1. The summed E-state index contributed by atoms with van der Waals surface area (Å²) in [5.74, 6) is -0.195. The molecule has 0 spiro atoms. The number of rotatable bonds is 8. The average Bonchev–Trinajstić information content (AvgIpc) is 3.19. The van der Waals surface area contributed by atoms with Crippen LogP contribution in [0.15, 0.2) is 34.2 Å². The third-order valence-corrected chi connectivity index (χ3v) is 8.21. The van der Waals surface area contributed by atoms with Crippen molar-refractivity contribution >= 4 is 44.9 Å². The SMILES string of the molecule is CC(Sc1nc2sc3c(c2c(=O)n1CCCN(C)C)CCCC3)C(=O)Nc1cccc(C#N)c1. The number of carbonyl (C=O) groups excluding carboxylic acids is 1. The molecule has 0 fully saturated rings. The Labute approximate surface area is 207 Å². The van der Waals surface area contributed by atoms with Crippen LogP contribution in [0.5, 0.6) is 0 Å². The van der Waals surface area contributed by atoms with E-state index in [9.17, 15) is 9.59 Å². The van der Waals surface area contributed by atoms with Crippen molar-refractivity contribution in [1.29, 1.82) is 5.26 Å². The maximum atomic E-state index is 13.6. The van der Waals surface area contributed by atoms with E-state index in [1.165, 1.54) is 22.2 Å². The molecule has 1 aromatic carbocycles. The Kier molecular flexibility index (Phi) is 7.71. The molecule has 7 nitrogen and oxygen atoms in total. The highest BCUT2D eigenvalue weighted by molar-refractivity contribution is 8.00. The average molecular weight is 496 g/mol. The fourth-order valence-electron chi connectivity index (χ4n) is 4.17. The van der Waals surface area contributed by atoms with Crippen LogP contribution in [0.1, 0.15) is 42.2 Å². The predicted molar refractivity (Wildman–Crippen MR) is 139 cm³/mol. The van der Waals surface area contributed by atoms with Crippen LogP contribution in [-0.2, 0) is 24.2 Å². The van der Waals surface area contributed by atoms with E-state index in [4.69, 9.17) is 10.2 Å². The van der Waals surface area contributed by atoms with E-state index in [1.807, 2.05) is 21.0 Å². The topological polar surface area (TPSA) is 91.0 Å². The zero-order valence-electron chi connectivity index (χ0n) is 19.8. The molecule has 1 amide bonds. The quantitative estimate of drug-likeness (QED) is 0.371. The molecule has 0 saturated heterocycles. The van der Waals surface area contributed by atoms with Crippen LogP contribution in [0.2, 0.25) is 0 Å². The molecule has 1 N–H and O–H groups in total. The Bertz CT molecular complexity index is 1310. The molecule has 0 saturated carbocycles. The molecule has 0 bridgehead atoms. The second-order valence-corrected chi connectivity index (χ2v) is 11.2. The van der Waals surface area contributed by atoms with Crippen LogP contribution in [0.25, 0.3) is 10.2 Å². The molecule has 9 heteroatoms. The number of nitrogens with one attached hydrogen (secondary N) is 1. The Morgan fingerprint density at radius 2 is 2.15 bits per heavy atom. The molecule has 1 aliphatic carbocycles. The van der Waals surface area contributed by atoms with Gasteiger partial charge in [0.15, 0.2) is 5.16 Å². The molecule has 1 aliphatic rings. The highest BCUT2D eigenvalue weighted by Gasteiger charge is 2.24. The number of hydrogen-bond donors (Lipinski definition) is 1. The van der Waals surface area contributed by atoms with Crippen molar-refractivity contribution in [1.82, 2.24) is 14.5 Å². The molecule has 2 heterocycles. The van der Waals surface area contributed by atoms with Crippen LogP contribution < -0.4 is 10.9 Å². The van der Waals surface area contributed by atoms with Gasteiger partial charge in [0.25, 0.3) is 5.56 Å². The van der Waals surface area contributed by atoms with Crippen molar-refractivity contribution < 1.29 is 4.79 Å². The number of fused-ring (bicyclic) bond motifs is 3. The number of carbonyl (C=O) groups is 1. The van der Waals surface area contributed by atoms with E-state index in [0.717, 1.165) is 48.9 Å². The lowest BCUT2D eigenvalue weighted by Crippen LogP contribution is -2.28. The monoisotopic (exact) mass is 495 g/mol. The van der Waals surface area contributed by atoms with Crippen molar-refractivity contribution in [2.45, 2.75) is 56.0 Å². The fourth-order valence-corrected chi connectivity index (χ4v) is 6.41. The zero-order chi connectivity index (χ0) is 24.2. The van der Waals surface area contributed by atoms with Crippen molar-refractivity contribution in [2.75, 3.05) is 26.0 Å². The maximum absolute atomic E-state index is 13.6. The van der Waals surface area contributed by atoms with Crippen LogP contribution in [0.4, 0.5) is 5.69 Å². The lowest BCUT2D eigenvalue weighted by molar-refractivity contribution is -0.115. The first-order chi connectivity index (χ1) is 16.4. The maximum Gasteiger partial charge on any atom is 0.263 e. The molecule has 178 valence electrons. The largest absolute Gasteiger partial charge is 0.325 e. The Morgan fingerprint density at radius 3 is 2.91 bits per heavy atom. The van der Waals surface area contributed by atoms with Crippen molar-refractivity contribution in [2.24, 2.45) is 0 Å². The lowest BCUT2D eigenvalue weighted by Gasteiger charge is -2.17.